The fourth-order valence-electron chi connectivity index (χ4n) is 2.08. The number of aryl methyl sites for hydroxylation is 1. The molecule has 5 heteroatoms. The van der Waals surface area contributed by atoms with Crippen LogP contribution in [0.4, 0.5) is 4.79 Å². The van der Waals surface area contributed by atoms with Crippen LogP contribution >= 0.6 is 11.3 Å². The minimum Gasteiger partial charge on any atom is -0.444 e. The maximum Gasteiger partial charge on any atom is 0.407 e. The van der Waals surface area contributed by atoms with E-state index in [4.69, 9.17) is 4.74 Å². The lowest BCUT2D eigenvalue weighted by molar-refractivity contribution is 0.0518. The molecule has 0 saturated heterocycles. The molecule has 22 heavy (non-hydrogen) atoms. The van der Waals surface area contributed by atoms with E-state index in [0.717, 1.165) is 0 Å². The topological polar surface area (TPSA) is 50.4 Å². The van der Waals surface area contributed by atoms with E-state index in [1.807, 2.05) is 32.1 Å². The van der Waals surface area contributed by atoms with Crippen molar-refractivity contribution in [2.24, 2.45) is 5.92 Å². The predicted octanol–water partition coefficient (Wildman–Crippen LogP) is 4.26. The van der Waals surface area contributed by atoms with Crippen LogP contribution in [0, 0.1) is 12.8 Å². The smallest absolute Gasteiger partial charge is 0.407 e. The van der Waals surface area contributed by atoms with Gasteiger partial charge in [-0.3, -0.25) is 0 Å². The molecule has 2 N–H and O–H groups in total. The zero-order chi connectivity index (χ0) is 16.9. The molecular weight excluding hydrogens is 296 g/mol. The van der Waals surface area contributed by atoms with Crippen molar-refractivity contribution in [2.75, 3.05) is 6.54 Å². The quantitative estimate of drug-likeness (QED) is 0.821. The molecule has 1 amide bonds. The van der Waals surface area contributed by atoms with Crippen LogP contribution in [0.15, 0.2) is 12.1 Å². The van der Waals surface area contributed by atoms with E-state index in [2.05, 4.69) is 50.5 Å². The first-order chi connectivity index (χ1) is 10.1. The second-order valence-electron chi connectivity index (χ2n) is 7.07. The van der Waals surface area contributed by atoms with Crippen molar-refractivity contribution < 1.29 is 9.53 Å². The highest BCUT2D eigenvalue weighted by atomic mass is 32.1. The monoisotopic (exact) mass is 326 g/mol. The molecule has 0 bridgehead atoms. The second-order valence-corrected chi connectivity index (χ2v) is 8.39. The summed E-state index contributed by atoms with van der Waals surface area (Å²) in [6, 6.07) is 4.77. The summed E-state index contributed by atoms with van der Waals surface area (Å²) in [5.74, 6) is 0.415. The summed E-state index contributed by atoms with van der Waals surface area (Å²) >= 11 is 1.81. The van der Waals surface area contributed by atoms with Crippen molar-refractivity contribution in [1.29, 1.82) is 0 Å². The Bertz CT molecular complexity index is 477. The molecule has 1 aromatic heterocycles. The highest BCUT2D eigenvalue weighted by Crippen LogP contribution is 2.23. The Kier molecular flexibility index (Phi) is 6.88. The van der Waals surface area contributed by atoms with Crippen molar-refractivity contribution in [3.05, 3.63) is 21.9 Å². The Morgan fingerprint density at radius 2 is 1.91 bits per heavy atom. The van der Waals surface area contributed by atoms with Crippen molar-refractivity contribution in [3.8, 4) is 0 Å². The minimum atomic E-state index is -0.466. The summed E-state index contributed by atoms with van der Waals surface area (Å²) < 4.78 is 5.29. The van der Waals surface area contributed by atoms with Gasteiger partial charge in [-0.15, -0.1) is 11.3 Å². The Labute approximate surface area is 138 Å². The molecule has 2 unspecified atom stereocenters. The molecule has 1 aromatic rings. The van der Waals surface area contributed by atoms with Gasteiger partial charge < -0.3 is 15.4 Å². The first-order valence-electron chi connectivity index (χ1n) is 7.87. The number of carbonyl (C=O) groups excluding carboxylic acids is 1. The van der Waals surface area contributed by atoms with Gasteiger partial charge in [-0.25, -0.2) is 4.79 Å². The van der Waals surface area contributed by atoms with E-state index < -0.39 is 5.60 Å². The first-order valence-corrected chi connectivity index (χ1v) is 8.69. The summed E-state index contributed by atoms with van der Waals surface area (Å²) in [5.41, 5.74) is -0.466. The summed E-state index contributed by atoms with van der Waals surface area (Å²) in [6.45, 7) is 14.7. The molecular formula is C17H30N2O2S. The van der Waals surface area contributed by atoms with Crippen molar-refractivity contribution in [3.63, 3.8) is 0 Å². The summed E-state index contributed by atoms with van der Waals surface area (Å²) in [5, 5.41) is 6.47. The van der Waals surface area contributed by atoms with Gasteiger partial charge in [0, 0.05) is 28.4 Å². The molecule has 2 atom stereocenters. The average Bonchev–Trinajstić information content (AvgIpc) is 2.78. The number of hydrogen-bond acceptors (Lipinski definition) is 4. The molecule has 126 valence electrons. The van der Waals surface area contributed by atoms with E-state index in [1.165, 1.54) is 9.75 Å². The van der Waals surface area contributed by atoms with Crippen LogP contribution in [0.5, 0.6) is 0 Å². The van der Waals surface area contributed by atoms with Crippen molar-refractivity contribution >= 4 is 17.4 Å². The van der Waals surface area contributed by atoms with Gasteiger partial charge in [-0.05, 0) is 52.7 Å². The normalized spacial score (nSPS) is 14.7. The van der Waals surface area contributed by atoms with Crippen LogP contribution in [0.3, 0.4) is 0 Å². The molecule has 4 nitrogen and oxygen atoms in total. The van der Waals surface area contributed by atoms with Gasteiger partial charge in [0.1, 0.15) is 5.60 Å². The molecule has 0 saturated carbocycles. The lowest BCUT2D eigenvalue weighted by Crippen LogP contribution is -2.46. The fraction of sp³-hybridized carbons (Fsp3) is 0.706. The van der Waals surface area contributed by atoms with Gasteiger partial charge in [0.15, 0.2) is 0 Å². The number of hydrogen-bond donors (Lipinski definition) is 2. The first kappa shape index (κ1) is 19.0. The van der Waals surface area contributed by atoms with Gasteiger partial charge in [-0.2, -0.15) is 0 Å². The Morgan fingerprint density at radius 3 is 2.36 bits per heavy atom. The van der Waals surface area contributed by atoms with E-state index in [-0.39, 0.29) is 18.2 Å². The van der Waals surface area contributed by atoms with Crippen LogP contribution in [0.25, 0.3) is 0 Å². The van der Waals surface area contributed by atoms with Crippen LogP contribution in [0.2, 0.25) is 0 Å². The van der Waals surface area contributed by atoms with E-state index in [1.54, 1.807) is 0 Å². The second kappa shape index (κ2) is 7.97. The largest absolute Gasteiger partial charge is 0.444 e. The Morgan fingerprint density at radius 1 is 1.27 bits per heavy atom. The maximum atomic E-state index is 11.8. The Balaban J connectivity index is 2.53. The third kappa shape index (κ3) is 6.79. The Hall–Kier alpha value is -1.07. The third-order valence-corrected chi connectivity index (χ3v) is 4.51. The SMILES string of the molecule is Cc1ccc(C(C)NC(CNC(=O)OC(C)(C)C)C(C)C)s1. The predicted molar refractivity (Wildman–Crippen MR) is 93.5 cm³/mol. The number of rotatable bonds is 6. The van der Waals surface area contributed by atoms with Gasteiger partial charge in [-0.1, -0.05) is 13.8 Å². The van der Waals surface area contributed by atoms with Gasteiger partial charge in [0.2, 0.25) is 0 Å². The maximum absolute atomic E-state index is 11.8. The van der Waals surface area contributed by atoms with Crippen LogP contribution in [0.1, 0.15) is 57.3 Å². The molecule has 0 aromatic carbocycles. The third-order valence-electron chi connectivity index (χ3n) is 3.32. The zero-order valence-electron chi connectivity index (χ0n) is 14.8. The highest BCUT2D eigenvalue weighted by molar-refractivity contribution is 7.12. The van der Waals surface area contributed by atoms with Crippen LogP contribution in [-0.4, -0.2) is 24.3 Å². The summed E-state index contributed by atoms with van der Waals surface area (Å²) in [6.07, 6.45) is -0.362. The van der Waals surface area contributed by atoms with Gasteiger partial charge in [0.05, 0.1) is 0 Å². The summed E-state index contributed by atoms with van der Waals surface area (Å²) in [7, 11) is 0. The molecule has 0 aliphatic rings. The molecule has 0 aliphatic carbocycles. The molecule has 1 rings (SSSR count). The van der Waals surface area contributed by atoms with E-state index >= 15 is 0 Å². The van der Waals surface area contributed by atoms with Gasteiger partial charge >= 0.3 is 6.09 Å². The van der Waals surface area contributed by atoms with Crippen molar-refractivity contribution in [2.45, 2.75) is 66.2 Å². The van der Waals surface area contributed by atoms with E-state index in [0.29, 0.717) is 12.5 Å². The average molecular weight is 327 g/mol. The minimum absolute atomic E-state index is 0.199. The number of thiophene rings is 1. The standard InChI is InChI=1S/C17H30N2O2S/c1-11(2)14(10-18-16(20)21-17(5,6)7)19-13(4)15-9-8-12(3)22-15/h8-9,11,13-14,19H,10H2,1-7H3,(H,18,20). The van der Waals surface area contributed by atoms with Crippen LogP contribution in [-0.2, 0) is 4.74 Å². The number of amides is 1. The van der Waals surface area contributed by atoms with Crippen LogP contribution < -0.4 is 10.6 Å². The molecule has 0 aliphatic heterocycles. The molecule has 1 heterocycles. The summed E-state index contributed by atoms with van der Waals surface area (Å²) in [4.78, 5) is 14.4. The molecule has 0 radical (unpaired) electrons. The number of carbonyl (C=O) groups is 1. The fourth-order valence-corrected chi connectivity index (χ4v) is 2.97. The molecule has 0 spiro atoms. The lowest BCUT2D eigenvalue weighted by atomic mass is 10.0. The number of nitrogens with one attached hydrogen (secondary N) is 2. The zero-order valence-corrected chi connectivity index (χ0v) is 15.6. The van der Waals surface area contributed by atoms with Gasteiger partial charge in [0.25, 0.3) is 0 Å². The lowest BCUT2D eigenvalue weighted by Gasteiger charge is -2.27. The van der Waals surface area contributed by atoms with E-state index in [9.17, 15) is 4.79 Å². The molecule has 0 fully saturated rings. The number of alkyl carbamates (subject to hydrolysis) is 1. The highest BCUT2D eigenvalue weighted by Gasteiger charge is 2.21. The number of ether oxygens (including phenoxy) is 1. The van der Waals surface area contributed by atoms with Crippen molar-refractivity contribution in [1.82, 2.24) is 10.6 Å².